The van der Waals surface area contributed by atoms with Crippen LogP contribution in [0, 0.1) is 0 Å². The van der Waals surface area contributed by atoms with Crippen LogP contribution in [0.15, 0.2) is 0 Å². The van der Waals surface area contributed by atoms with Crippen molar-refractivity contribution >= 4 is 7.82 Å². The summed E-state index contributed by atoms with van der Waals surface area (Å²) in [6.07, 6.45) is 18.3. The van der Waals surface area contributed by atoms with E-state index in [-0.39, 0.29) is 13.2 Å². The van der Waals surface area contributed by atoms with Gasteiger partial charge >= 0.3 is 7.82 Å². The van der Waals surface area contributed by atoms with Crippen LogP contribution in [-0.2, 0) is 18.3 Å². The third-order valence-corrected chi connectivity index (χ3v) is 5.64. The molecule has 0 bridgehead atoms. The summed E-state index contributed by atoms with van der Waals surface area (Å²) in [7, 11) is -3.92. The van der Waals surface area contributed by atoms with Crippen molar-refractivity contribution in [2.24, 2.45) is 0 Å². The number of unbranched alkanes of at least 4 members (excludes halogenated alkanes) is 13. The van der Waals surface area contributed by atoms with Gasteiger partial charge in [-0.2, -0.15) is 0 Å². The zero-order chi connectivity index (χ0) is 20.1. The van der Waals surface area contributed by atoms with Gasteiger partial charge in [0.25, 0.3) is 0 Å². The van der Waals surface area contributed by atoms with E-state index in [0.717, 1.165) is 25.7 Å². The lowest BCUT2D eigenvalue weighted by molar-refractivity contribution is 0.0743. The molecule has 0 amide bonds. The van der Waals surface area contributed by atoms with Crippen LogP contribution in [0.1, 0.15) is 110 Å². The van der Waals surface area contributed by atoms with E-state index in [1.54, 1.807) is 0 Å². The van der Waals surface area contributed by atoms with Crippen molar-refractivity contribution in [1.82, 2.24) is 0 Å². The Hall–Kier alpha value is 0.0700. The van der Waals surface area contributed by atoms with Gasteiger partial charge in [0.15, 0.2) is 0 Å². The zero-order valence-electron chi connectivity index (χ0n) is 18.0. The molecule has 164 valence electrons. The number of ether oxygens (including phenoxy) is 1. The fraction of sp³-hybridized carbons (Fsp3) is 1.00. The molecule has 0 aromatic heterocycles. The minimum Gasteiger partial charge on any atom is -0.379 e. The van der Waals surface area contributed by atoms with E-state index in [9.17, 15) is 9.46 Å². The first-order valence-corrected chi connectivity index (χ1v) is 12.8. The minimum absolute atomic E-state index is 0.0970. The van der Waals surface area contributed by atoms with Gasteiger partial charge in [-0.05, 0) is 12.8 Å². The van der Waals surface area contributed by atoms with E-state index in [4.69, 9.17) is 13.8 Å². The Labute approximate surface area is 168 Å². The SMILES string of the molecule is CCCCCCCCCCCCCOP(=O)(O)OCCOCCCCCC. The second kappa shape index (κ2) is 20.8. The highest BCUT2D eigenvalue weighted by Crippen LogP contribution is 2.43. The van der Waals surface area contributed by atoms with Crippen LogP contribution in [-0.4, -0.2) is 31.3 Å². The minimum atomic E-state index is -3.92. The quantitative estimate of drug-likeness (QED) is 0.154. The number of phosphoric ester groups is 1. The summed E-state index contributed by atoms with van der Waals surface area (Å²) >= 11 is 0. The van der Waals surface area contributed by atoms with E-state index in [0.29, 0.717) is 13.2 Å². The van der Waals surface area contributed by atoms with Crippen LogP contribution in [0.5, 0.6) is 0 Å². The Bertz CT molecular complexity index is 339. The highest BCUT2D eigenvalue weighted by atomic mass is 31.2. The fourth-order valence-electron chi connectivity index (χ4n) is 2.93. The van der Waals surface area contributed by atoms with Crippen molar-refractivity contribution in [2.75, 3.05) is 26.4 Å². The van der Waals surface area contributed by atoms with Crippen molar-refractivity contribution in [1.29, 1.82) is 0 Å². The van der Waals surface area contributed by atoms with E-state index in [1.807, 2.05) is 0 Å². The predicted octanol–water partition coefficient (Wildman–Crippen LogP) is 7.03. The molecule has 0 aromatic carbocycles. The highest BCUT2D eigenvalue weighted by molar-refractivity contribution is 7.47. The van der Waals surface area contributed by atoms with Crippen LogP contribution in [0.3, 0.4) is 0 Å². The number of rotatable bonds is 22. The molecule has 0 aromatic rings. The molecule has 0 aliphatic rings. The van der Waals surface area contributed by atoms with Crippen molar-refractivity contribution in [2.45, 2.75) is 110 Å². The van der Waals surface area contributed by atoms with Gasteiger partial charge in [-0.3, -0.25) is 9.05 Å². The molecule has 0 saturated carbocycles. The second-order valence-electron chi connectivity index (χ2n) is 7.34. The van der Waals surface area contributed by atoms with Crippen molar-refractivity contribution in [3.63, 3.8) is 0 Å². The van der Waals surface area contributed by atoms with Crippen molar-refractivity contribution in [3.05, 3.63) is 0 Å². The molecule has 0 saturated heterocycles. The average molecular weight is 409 g/mol. The zero-order valence-corrected chi connectivity index (χ0v) is 18.9. The highest BCUT2D eigenvalue weighted by Gasteiger charge is 2.20. The van der Waals surface area contributed by atoms with Gasteiger partial charge < -0.3 is 9.63 Å². The smallest absolute Gasteiger partial charge is 0.379 e. The molecular formula is C21H45O5P. The monoisotopic (exact) mass is 408 g/mol. The predicted molar refractivity (Wildman–Crippen MR) is 113 cm³/mol. The van der Waals surface area contributed by atoms with Crippen LogP contribution in [0.25, 0.3) is 0 Å². The summed E-state index contributed by atoms with van der Waals surface area (Å²) < 4.78 is 27.0. The standard InChI is InChI=1S/C21H45O5P/c1-3-5-7-9-10-11-12-13-14-15-17-19-25-27(22,23)26-21-20-24-18-16-8-6-4-2/h3-21H2,1-2H3,(H,22,23). The van der Waals surface area contributed by atoms with Gasteiger partial charge in [0.1, 0.15) is 0 Å². The van der Waals surface area contributed by atoms with Gasteiger partial charge in [0.2, 0.25) is 0 Å². The molecule has 0 heterocycles. The topological polar surface area (TPSA) is 65.0 Å². The summed E-state index contributed by atoms with van der Waals surface area (Å²) in [5, 5.41) is 0. The lowest BCUT2D eigenvalue weighted by atomic mass is 10.1. The average Bonchev–Trinajstić information content (AvgIpc) is 2.64. The molecule has 0 rings (SSSR count). The molecule has 0 radical (unpaired) electrons. The van der Waals surface area contributed by atoms with Crippen molar-refractivity contribution < 1.29 is 23.2 Å². The second-order valence-corrected chi connectivity index (χ2v) is 8.80. The van der Waals surface area contributed by atoms with E-state index in [2.05, 4.69) is 13.8 Å². The van der Waals surface area contributed by atoms with E-state index >= 15 is 0 Å². The Morgan fingerprint density at radius 2 is 0.963 bits per heavy atom. The normalized spacial score (nSPS) is 13.7. The Morgan fingerprint density at radius 3 is 1.52 bits per heavy atom. The van der Waals surface area contributed by atoms with E-state index < -0.39 is 7.82 Å². The molecule has 0 aliphatic carbocycles. The molecular weight excluding hydrogens is 363 g/mol. The number of hydrogen-bond acceptors (Lipinski definition) is 4. The van der Waals surface area contributed by atoms with Crippen LogP contribution in [0.2, 0.25) is 0 Å². The lowest BCUT2D eigenvalue weighted by Gasteiger charge is -2.12. The van der Waals surface area contributed by atoms with Crippen LogP contribution in [0.4, 0.5) is 0 Å². The molecule has 0 spiro atoms. The van der Waals surface area contributed by atoms with Crippen LogP contribution >= 0.6 is 7.82 Å². The van der Waals surface area contributed by atoms with Gasteiger partial charge in [-0.25, -0.2) is 4.57 Å². The molecule has 1 unspecified atom stereocenters. The Kier molecular flexibility index (Phi) is 20.8. The first kappa shape index (κ1) is 27.1. The third kappa shape index (κ3) is 22.2. The summed E-state index contributed by atoms with van der Waals surface area (Å²) in [5.74, 6) is 0. The van der Waals surface area contributed by atoms with Gasteiger partial charge in [0, 0.05) is 6.61 Å². The summed E-state index contributed by atoms with van der Waals surface area (Å²) in [4.78, 5) is 9.60. The molecule has 0 fully saturated rings. The summed E-state index contributed by atoms with van der Waals surface area (Å²) in [6.45, 7) is 5.81. The van der Waals surface area contributed by atoms with Crippen molar-refractivity contribution in [3.8, 4) is 0 Å². The largest absolute Gasteiger partial charge is 0.472 e. The Balaban J connectivity index is 3.31. The fourth-order valence-corrected chi connectivity index (χ4v) is 3.67. The molecule has 1 N–H and O–H groups in total. The first-order valence-electron chi connectivity index (χ1n) is 11.3. The molecule has 6 heteroatoms. The first-order chi connectivity index (χ1) is 13.1. The van der Waals surface area contributed by atoms with Gasteiger partial charge in [0.05, 0.1) is 19.8 Å². The molecule has 5 nitrogen and oxygen atoms in total. The van der Waals surface area contributed by atoms with Gasteiger partial charge in [-0.1, -0.05) is 97.3 Å². The molecule has 1 atom stereocenters. The summed E-state index contributed by atoms with van der Waals surface area (Å²) in [6, 6.07) is 0. The molecule has 27 heavy (non-hydrogen) atoms. The van der Waals surface area contributed by atoms with Crippen LogP contribution < -0.4 is 0 Å². The van der Waals surface area contributed by atoms with E-state index in [1.165, 1.54) is 70.6 Å². The Morgan fingerprint density at radius 1 is 0.556 bits per heavy atom. The lowest BCUT2D eigenvalue weighted by Crippen LogP contribution is -2.06. The maximum absolute atomic E-state index is 11.7. The number of phosphoric acid groups is 1. The summed E-state index contributed by atoms with van der Waals surface area (Å²) in [5.41, 5.74) is 0. The van der Waals surface area contributed by atoms with Gasteiger partial charge in [-0.15, -0.1) is 0 Å². The maximum Gasteiger partial charge on any atom is 0.472 e. The number of hydrogen-bond donors (Lipinski definition) is 1. The molecule has 0 aliphatic heterocycles. The maximum atomic E-state index is 11.7. The third-order valence-electron chi connectivity index (χ3n) is 4.63.